The molecule has 2 heterocycles. The van der Waals surface area contributed by atoms with Crippen molar-refractivity contribution in [1.82, 2.24) is 4.73 Å². The first kappa shape index (κ1) is 8.54. The highest BCUT2D eigenvalue weighted by Gasteiger charge is 2.24. The summed E-state index contributed by atoms with van der Waals surface area (Å²) in [5.41, 5.74) is 6.07. The fourth-order valence-corrected chi connectivity index (χ4v) is 1.32. The standard InChI is InChI=1S/C7H10N4O3/c1-9(2)6-4(8)5-7(14-6)11(13)3-10(5)12/h3,13H,8H2,1-2H3. The summed E-state index contributed by atoms with van der Waals surface area (Å²) in [4.78, 5) is 1.62. The van der Waals surface area contributed by atoms with Crippen LogP contribution >= 0.6 is 0 Å². The van der Waals surface area contributed by atoms with E-state index in [4.69, 9.17) is 10.2 Å². The number of furan rings is 1. The number of aromatic nitrogens is 2. The zero-order chi connectivity index (χ0) is 10.5. The van der Waals surface area contributed by atoms with E-state index in [0.717, 1.165) is 6.33 Å². The van der Waals surface area contributed by atoms with E-state index in [9.17, 15) is 10.4 Å². The van der Waals surface area contributed by atoms with Crippen molar-refractivity contribution in [1.29, 1.82) is 0 Å². The van der Waals surface area contributed by atoms with Gasteiger partial charge in [0, 0.05) is 14.1 Å². The highest BCUT2D eigenvalue weighted by atomic mass is 16.5. The molecular weight excluding hydrogens is 188 g/mol. The van der Waals surface area contributed by atoms with Crippen LogP contribution in [0.3, 0.4) is 0 Å². The Morgan fingerprint density at radius 3 is 2.79 bits per heavy atom. The molecule has 0 aliphatic heterocycles. The summed E-state index contributed by atoms with van der Waals surface area (Å²) in [6, 6.07) is 0. The predicted molar refractivity (Wildman–Crippen MR) is 49.1 cm³/mol. The van der Waals surface area contributed by atoms with Gasteiger partial charge in [-0.25, -0.2) is 4.73 Å². The van der Waals surface area contributed by atoms with Crippen LogP contribution in [-0.4, -0.2) is 24.0 Å². The maximum absolute atomic E-state index is 11.2. The number of anilines is 2. The van der Waals surface area contributed by atoms with Crippen LogP contribution in [0.4, 0.5) is 11.6 Å². The molecule has 76 valence electrons. The second-order valence-corrected chi connectivity index (χ2v) is 3.15. The van der Waals surface area contributed by atoms with Gasteiger partial charge in [-0.15, -0.1) is 0 Å². The monoisotopic (exact) mass is 198 g/mol. The summed E-state index contributed by atoms with van der Waals surface area (Å²) in [5.74, 6) is 0.350. The third-order valence-electron chi connectivity index (χ3n) is 1.93. The molecule has 2 aromatic heterocycles. The lowest BCUT2D eigenvalue weighted by atomic mass is 10.4. The fraction of sp³-hybridized carbons (Fsp3) is 0.286. The van der Waals surface area contributed by atoms with Gasteiger partial charge in [0.2, 0.25) is 11.4 Å². The zero-order valence-corrected chi connectivity index (χ0v) is 7.76. The Morgan fingerprint density at radius 2 is 2.29 bits per heavy atom. The van der Waals surface area contributed by atoms with E-state index >= 15 is 0 Å². The molecule has 0 unspecified atom stereocenters. The van der Waals surface area contributed by atoms with Crippen molar-refractivity contribution in [3.8, 4) is 0 Å². The number of nitrogens with two attached hydrogens (primary N) is 1. The molecule has 0 amide bonds. The van der Waals surface area contributed by atoms with Crippen LogP contribution in [0, 0.1) is 5.21 Å². The number of rotatable bonds is 1. The van der Waals surface area contributed by atoms with Crippen LogP contribution in [0.1, 0.15) is 0 Å². The first-order valence-corrected chi connectivity index (χ1v) is 3.91. The molecule has 0 radical (unpaired) electrons. The molecule has 0 atom stereocenters. The summed E-state index contributed by atoms with van der Waals surface area (Å²) >= 11 is 0. The van der Waals surface area contributed by atoms with E-state index < -0.39 is 0 Å². The lowest BCUT2D eigenvalue weighted by Crippen LogP contribution is -2.24. The van der Waals surface area contributed by atoms with Crippen LogP contribution in [0.2, 0.25) is 0 Å². The lowest BCUT2D eigenvalue weighted by molar-refractivity contribution is -0.579. The maximum atomic E-state index is 11.2. The summed E-state index contributed by atoms with van der Waals surface area (Å²) in [6.45, 7) is 0. The van der Waals surface area contributed by atoms with E-state index in [0.29, 0.717) is 15.3 Å². The van der Waals surface area contributed by atoms with Crippen LogP contribution < -0.4 is 15.4 Å². The zero-order valence-electron chi connectivity index (χ0n) is 7.76. The molecule has 3 N–H and O–H groups in total. The van der Waals surface area contributed by atoms with Crippen molar-refractivity contribution in [3.05, 3.63) is 11.5 Å². The Hall–Kier alpha value is -2.05. The van der Waals surface area contributed by atoms with Crippen molar-refractivity contribution in [2.24, 2.45) is 0 Å². The molecular formula is C7H10N4O3. The van der Waals surface area contributed by atoms with Gasteiger partial charge in [0.25, 0.3) is 6.33 Å². The molecule has 0 spiro atoms. The van der Waals surface area contributed by atoms with Crippen LogP contribution in [0.25, 0.3) is 11.2 Å². The van der Waals surface area contributed by atoms with Crippen molar-refractivity contribution in [2.45, 2.75) is 0 Å². The summed E-state index contributed by atoms with van der Waals surface area (Å²) < 4.78 is 6.27. The third kappa shape index (κ3) is 0.889. The molecule has 0 saturated heterocycles. The molecule has 0 aromatic carbocycles. The van der Waals surface area contributed by atoms with Crippen molar-refractivity contribution in [3.63, 3.8) is 0 Å². The Bertz CT molecular complexity index is 485. The summed E-state index contributed by atoms with van der Waals surface area (Å²) in [5, 5.41) is 20.5. The van der Waals surface area contributed by atoms with Crippen LogP contribution in [0.5, 0.6) is 0 Å². The number of hydrogen-bond donors (Lipinski definition) is 2. The average Bonchev–Trinajstić information content (AvgIpc) is 2.54. The Labute approximate surface area is 79.1 Å². The highest BCUT2D eigenvalue weighted by molar-refractivity contribution is 5.88. The smallest absolute Gasteiger partial charge is 0.382 e. The first-order valence-electron chi connectivity index (χ1n) is 3.91. The normalized spacial score (nSPS) is 11.0. The largest absolute Gasteiger partial charge is 0.710 e. The van der Waals surface area contributed by atoms with E-state index in [1.807, 2.05) is 0 Å². The molecule has 0 fully saturated rings. The summed E-state index contributed by atoms with van der Waals surface area (Å²) in [6.07, 6.45) is 0.934. The molecule has 2 aromatic rings. The number of imidazole rings is 1. The minimum absolute atomic E-state index is 0.0428. The first-order chi connectivity index (χ1) is 6.52. The number of nitrogen functional groups attached to an aromatic ring is 1. The van der Waals surface area contributed by atoms with Gasteiger partial charge < -0.3 is 25.5 Å². The minimum Gasteiger partial charge on any atom is -0.710 e. The van der Waals surface area contributed by atoms with Crippen molar-refractivity contribution in [2.75, 3.05) is 24.7 Å². The third-order valence-corrected chi connectivity index (χ3v) is 1.93. The van der Waals surface area contributed by atoms with Gasteiger partial charge in [0.05, 0.1) is 0 Å². The quantitative estimate of drug-likeness (QED) is 0.374. The molecule has 0 bridgehead atoms. The maximum Gasteiger partial charge on any atom is 0.382 e. The fourth-order valence-electron chi connectivity index (χ4n) is 1.32. The van der Waals surface area contributed by atoms with Crippen LogP contribution in [-0.2, 0) is 0 Å². The molecule has 0 aliphatic rings. The van der Waals surface area contributed by atoms with Gasteiger partial charge in [-0.3, -0.25) is 0 Å². The summed E-state index contributed by atoms with van der Waals surface area (Å²) in [7, 11) is 3.45. The van der Waals surface area contributed by atoms with Crippen molar-refractivity contribution < 1.29 is 14.4 Å². The molecule has 7 heteroatoms. The topological polar surface area (TPSA) is 94.5 Å². The van der Waals surface area contributed by atoms with Gasteiger partial charge in [-0.1, -0.05) is 0 Å². The average molecular weight is 198 g/mol. The number of hydrogen-bond acceptors (Lipinski definition) is 5. The number of fused-ring (bicyclic) bond motifs is 1. The minimum atomic E-state index is 0.0428. The second kappa shape index (κ2) is 2.47. The number of nitrogens with zero attached hydrogens (tertiary/aromatic N) is 3. The van der Waals surface area contributed by atoms with Gasteiger partial charge in [-0.05, 0) is 4.73 Å². The highest BCUT2D eigenvalue weighted by Crippen LogP contribution is 2.31. The van der Waals surface area contributed by atoms with E-state index in [1.165, 1.54) is 0 Å². The van der Waals surface area contributed by atoms with E-state index in [1.54, 1.807) is 19.0 Å². The van der Waals surface area contributed by atoms with Gasteiger partial charge >= 0.3 is 5.71 Å². The van der Waals surface area contributed by atoms with Gasteiger partial charge in [0.1, 0.15) is 5.69 Å². The molecule has 2 rings (SSSR count). The van der Waals surface area contributed by atoms with Crippen molar-refractivity contribution >= 4 is 22.8 Å². The van der Waals surface area contributed by atoms with E-state index in [2.05, 4.69) is 0 Å². The Morgan fingerprint density at radius 1 is 1.64 bits per heavy atom. The molecule has 7 nitrogen and oxygen atoms in total. The van der Waals surface area contributed by atoms with E-state index in [-0.39, 0.29) is 16.9 Å². The predicted octanol–water partition coefficient (Wildman–Crippen LogP) is -0.247. The van der Waals surface area contributed by atoms with Gasteiger partial charge in [0.15, 0.2) is 0 Å². The molecule has 14 heavy (non-hydrogen) atoms. The molecule has 0 aliphatic carbocycles. The Kier molecular flexibility index (Phi) is 1.51. The molecule has 0 saturated carbocycles. The second-order valence-electron chi connectivity index (χ2n) is 3.15. The van der Waals surface area contributed by atoms with Gasteiger partial charge in [-0.2, -0.15) is 0 Å². The Balaban J connectivity index is 2.81. The lowest BCUT2D eigenvalue weighted by Gasteiger charge is -2.07. The van der Waals surface area contributed by atoms with Crippen LogP contribution in [0.15, 0.2) is 10.7 Å². The SMILES string of the molecule is CN(C)c1oc2c(c1N)[n+]([O-])cn2O.